The summed E-state index contributed by atoms with van der Waals surface area (Å²) in [4.78, 5) is 0. The molecule has 0 aliphatic rings. The van der Waals surface area contributed by atoms with Gasteiger partial charge in [-0.1, -0.05) is 6.07 Å². The molecule has 4 nitrogen and oxygen atoms in total. The second-order valence-corrected chi connectivity index (χ2v) is 3.72. The zero-order valence-electron chi connectivity index (χ0n) is 9.28. The molecule has 0 spiro atoms. The lowest BCUT2D eigenvalue weighted by molar-refractivity contribution is -0.137. The smallest absolute Gasteiger partial charge is 0.383 e. The molecule has 0 atom stereocenters. The summed E-state index contributed by atoms with van der Waals surface area (Å²) in [5.74, 6) is 0.247. The monoisotopic (exact) mass is 256 g/mol. The van der Waals surface area contributed by atoms with Crippen molar-refractivity contribution in [3.8, 4) is 5.69 Å². The number of anilines is 1. The maximum absolute atomic E-state index is 12.6. The van der Waals surface area contributed by atoms with Crippen molar-refractivity contribution >= 4 is 5.82 Å². The number of benzene rings is 1. The molecule has 1 heterocycles. The van der Waals surface area contributed by atoms with Gasteiger partial charge < -0.3 is 11.5 Å². The maximum atomic E-state index is 12.6. The number of hydrogen-bond acceptors (Lipinski definition) is 3. The van der Waals surface area contributed by atoms with Crippen molar-refractivity contribution in [1.82, 2.24) is 9.78 Å². The van der Waals surface area contributed by atoms with Crippen LogP contribution in [0.4, 0.5) is 19.0 Å². The Morgan fingerprint density at radius 1 is 1.28 bits per heavy atom. The van der Waals surface area contributed by atoms with Crippen molar-refractivity contribution in [1.29, 1.82) is 0 Å². The van der Waals surface area contributed by atoms with Crippen molar-refractivity contribution in [3.63, 3.8) is 0 Å². The van der Waals surface area contributed by atoms with Crippen LogP contribution < -0.4 is 11.5 Å². The minimum Gasteiger partial charge on any atom is -0.383 e. The molecule has 0 fully saturated rings. The highest BCUT2D eigenvalue weighted by molar-refractivity contribution is 5.48. The van der Waals surface area contributed by atoms with Gasteiger partial charge in [0.2, 0.25) is 0 Å². The number of halogens is 3. The fourth-order valence-electron chi connectivity index (χ4n) is 1.57. The summed E-state index contributed by atoms with van der Waals surface area (Å²) < 4.78 is 39.0. The molecule has 0 amide bonds. The van der Waals surface area contributed by atoms with Crippen molar-refractivity contribution < 1.29 is 13.2 Å². The van der Waals surface area contributed by atoms with E-state index in [0.29, 0.717) is 5.56 Å². The molecule has 2 aromatic rings. The van der Waals surface area contributed by atoms with Crippen LogP contribution in [0.5, 0.6) is 0 Å². The fourth-order valence-corrected chi connectivity index (χ4v) is 1.57. The fraction of sp³-hybridized carbons (Fsp3) is 0.182. The van der Waals surface area contributed by atoms with E-state index in [0.717, 1.165) is 12.1 Å². The van der Waals surface area contributed by atoms with Gasteiger partial charge >= 0.3 is 6.18 Å². The number of rotatable bonds is 2. The molecule has 7 heteroatoms. The highest BCUT2D eigenvalue weighted by Gasteiger charge is 2.30. The van der Waals surface area contributed by atoms with E-state index >= 15 is 0 Å². The number of nitrogens with zero attached hydrogens (tertiary/aromatic N) is 2. The lowest BCUT2D eigenvalue weighted by Crippen LogP contribution is -2.08. The van der Waals surface area contributed by atoms with Crippen molar-refractivity contribution in [2.75, 3.05) is 5.73 Å². The van der Waals surface area contributed by atoms with E-state index in [9.17, 15) is 13.2 Å². The Morgan fingerprint density at radius 3 is 2.56 bits per heavy atom. The second-order valence-electron chi connectivity index (χ2n) is 3.72. The van der Waals surface area contributed by atoms with E-state index in [4.69, 9.17) is 11.5 Å². The van der Waals surface area contributed by atoms with Gasteiger partial charge in [-0.25, -0.2) is 4.68 Å². The Kier molecular flexibility index (Phi) is 3.00. The molecule has 4 N–H and O–H groups in total. The average Bonchev–Trinajstić information content (AvgIpc) is 2.69. The second kappa shape index (κ2) is 4.34. The molecule has 1 aromatic carbocycles. The van der Waals surface area contributed by atoms with E-state index in [2.05, 4.69) is 5.10 Å². The van der Waals surface area contributed by atoms with Gasteiger partial charge in [-0.3, -0.25) is 0 Å². The molecule has 0 aliphatic heterocycles. The van der Waals surface area contributed by atoms with E-state index < -0.39 is 11.7 Å². The van der Waals surface area contributed by atoms with Crippen LogP contribution in [0.2, 0.25) is 0 Å². The Morgan fingerprint density at radius 2 is 2.00 bits per heavy atom. The number of hydrogen-bond donors (Lipinski definition) is 2. The molecule has 0 radical (unpaired) electrons. The summed E-state index contributed by atoms with van der Waals surface area (Å²) in [6.45, 7) is 0.185. The first-order valence-electron chi connectivity index (χ1n) is 5.13. The first-order valence-corrected chi connectivity index (χ1v) is 5.13. The molecular weight excluding hydrogens is 245 g/mol. The quantitative estimate of drug-likeness (QED) is 0.862. The Balaban J connectivity index is 2.48. The van der Waals surface area contributed by atoms with Crippen molar-refractivity contribution in [2.45, 2.75) is 12.7 Å². The largest absolute Gasteiger partial charge is 0.416 e. The van der Waals surface area contributed by atoms with E-state index in [1.54, 1.807) is 0 Å². The molecule has 0 aliphatic carbocycles. The first-order chi connectivity index (χ1) is 8.43. The Bertz CT molecular complexity index is 560. The number of aromatic nitrogens is 2. The average molecular weight is 256 g/mol. The number of nitrogens with two attached hydrogens (primary N) is 2. The van der Waals surface area contributed by atoms with Crippen LogP contribution in [0.3, 0.4) is 0 Å². The zero-order chi connectivity index (χ0) is 13.3. The van der Waals surface area contributed by atoms with Crippen LogP contribution in [-0.2, 0) is 12.7 Å². The third kappa shape index (κ3) is 2.17. The summed E-state index contributed by atoms with van der Waals surface area (Å²) in [5.41, 5.74) is 11.3. The topological polar surface area (TPSA) is 69.9 Å². The van der Waals surface area contributed by atoms with Crippen LogP contribution >= 0.6 is 0 Å². The van der Waals surface area contributed by atoms with Gasteiger partial charge in [-0.15, -0.1) is 0 Å². The summed E-state index contributed by atoms with van der Waals surface area (Å²) in [7, 11) is 0. The van der Waals surface area contributed by atoms with Gasteiger partial charge in [0.25, 0.3) is 0 Å². The van der Waals surface area contributed by atoms with E-state index in [1.807, 2.05) is 0 Å². The van der Waals surface area contributed by atoms with Crippen LogP contribution in [0.1, 0.15) is 11.1 Å². The molecule has 18 heavy (non-hydrogen) atoms. The lowest BCUT2D eigenvalue weighted by atomic mass is 10.2. The lowest BCUT2D eigenvalue weighted by Gasteiger charge is -2.09. The molecule has 0 unspecified atom stereocenters. The highest BCUT2D eigenvalue weighted by atomic mass is 19.4. The van der Waals surface area contributed by atoms with Crippen LogP contribution in [0.15, 0.2) is 30.5 Å². The molecule has 96 valence electrons. The van der Waals surface area contributed by atoms with Gasteiger partial charge in [-0.2, -0.15) is 18.3 Å². The third-order valence-electron chi connectivity index (χ3n) is 2.52. The molecular formula is C11H11F3N4. The van der Waals surface area contributed by atoms with Crippen LogP contribution in [0, 0.1) is 0 Å². The summed E-state index contributed by atoms with van der Waals surface area (Å²) in [6.07, 6.45) is -2.95. The van der Waals surface area contributed by atoms with Crippen LogP contribution in [-0.4, -0.2) is 9.78 Å². The van der Waals surface area contributed by atoms with Gasteiger partial charge in [0, 0.05) is 12.1 Å². The predicted molar refractivity (Wildman–Crippen MR) is 60.9 cm³/mol. The SMILES string of the molecule is NCc1cnn(-c2cccc(C(F)(F)F)c2)c1N. The van der Waals surface area contributed by atoms with Gasteiger partial charge in [0.1, 0.15) is 5.82 Å². The van der Waals surface area contributed by atoms with Crippen molar-refractivity contribution in [2.24, 2.45) is 5.73 Å². The van der Waals surface area contributed by atoms with E-state index in [1.165, 1.54) is 23.0 Å². The zero-order valence-corrected chi connectivity index (χ0v) is 9.28. The summed E-state index contributed by atoms with van der Waals surface area (Å²) >= 11 is 0. The molecule has 1 aromatic heterocycles. The number of nitrogen functional groups attached to an aromatic ring is 1. The number of alkyl halides is 3. The third-order valence-corrected chi connectivity index (χ3v) is 2.52. The van der Waals surface area contributed by atoms with Gasteiger partial charge in [0.15, 0.2) is 0 Å². The molecule has 0 saturated heterocycles. The minimum absolute atomic E-state index is 0.185. The molecule has 2 rings (SSSR count). The first kappa shape index (κ1) is 12.4. The Labute approximate surface area is 101 Å². The minimum atomic E-state index is -4.39. The molecule has 0 saturated carbocycles. The van der Waals surface area contributed by atoms with Crippen LogP contribution in [0.25, 0.3) is 5.69 Å². The highest BCUT2D eigenvalue weighted by Crippen LogP contribution is 2.30. The van der Waals surface area contributed by atoms with Gasteiger partial charge in [-0.05, 0) is 18.2 Å². The Hall–Kier alpha value is -2.02. The summed E-state index contributed by atoms with van der Waals surface area (Å²) in [5, 5.41) is 3.92. The summed E-state index contributed by atoms with van der Waals surface area (Å²) in [6, 6.07) is 4.79. The normalized spacial score (nSPS) is 11.8. The predicted octanol–water partition coefficient (Wildman–Crippen LogP) is 1.93. The van der Waals surface area contributed by atoms with Crippen molar-refractivity contribution in [3.05, 3.63) is 41.6 Å². The van der Waals surface area contributed by atoms with E-state index in [-0.39, 0.29) is 18.1 Å². The molecule has 0 bridgehead atoms. The van der Waals surface area contributed by atoms with Gasteiger partial charge in [0.05, 0.1) is 17.4 Å². The maximum Gasteiger partial charge on any atom is 0.416 e. The standard InChI is InChI=1S/C11H11F3N4/c12-11(13,14)8-2-1-3-9(4-8)18-10(16)7(5-15)6-17-18/h1-4,6H,5,15-16H2.